The summed E-state index contributed by atoms with van der Waals surface area (Å²) in [6.07, 6.45) is 4.36. The van der Waals surface area contributed by atoms with Gasteiger partial charge in [0.2, 0.25) is 12.7 Å². The first-order valence-corrected chi connectivity index (χ1v) is 10.8. The van der Waals surface area contributed by atoms with Crippen molar-refractivity contribution in [2.24, 2.45) is 0 Å². The van der Waals surface area contributed by atoms with Gasteiger partial charge in [0.05, 0.1) is 6.04 Å². The number of carbonyl (C=O) groups is 1. The Bertz CT molecular complexity index is 1340. The van der Waals surface area contributed by atoms with Gasteiger partial charge in [0.15, 0.2) is 11.5 Å². The van der Waals surface area contributed by atoms with E-state index in [1.807, 2.05) is 65.6 Å². The maximum atomic E-state index is 13.4. The molecule has 3 heterocycles. The molecule has 5 nitrogen and oxygen atoms in total. The zero-order chi connectivity index (χ0) is 21.5. The van der Waals surface area contributed by atoms with Gasteiger partial charge >= 0.3 is 0 Å². The van der Waals surface area contributed by atoms with Gasteiger partial charge in [0.1, 0.15) is 0 Å². The minimum atomic E-state index is -0.228. The fourth-order valence-corrected chi connectivity index (χ4v) is 4.74. The second-order valence-electron chi connectivity index (χ2n) is 8.10. The second kappa shape index (κ2) is 7.61. The SMILES string of the molecule is O=C(C=Cc1ccccc1)N1CCc2c([nH]c3ccccc23)C1c1ccc2c(c1)OCO2. The highest BCUT2D eigenvalue weighted by Gasteiger charge is 2.34. The Morgan fingerprint density at radius 2 is 1.78 bits per heavy atom. The molecule has 2 aliphatic rings. The summed E-state index contributed by atoms with van der Waals surface area (Å²) in [6, 6.07) is 23.9. The van der Waals surface area contributed by atoms with Gasteiger partial charge in [0.25, 0.3) is 0 Å². The molecule has 6 rings (SSSR count). The predicted octanol–water partition coefficient (Wildman–Crippen LogP) is 5.08. The Labute approximate surface area is 185 Å². The zero-order valence-corrected chi connectivity index (χ0v) is 17.5. The molecule has 2 aliphatic heterocycles. The van der Waals surface area contributed by atoms with Crippen LogP contribution in [0.25, 0.3) is 17.0 Å². The summed E-state index contributed by atoms with van der Waals surface area (Å²) in [4.78, 5) is 18.9. The third-order valence-corrected chi connectivity index (χ3v) is 6.25. The molecule has 158 valence electrons. The second-order valence-corrected chi connectivity index (χ2v) is 8.10. The first-order valence-electron chi connectivity index (χ1n) is 10.8. The minimum Gasteiger partial charge on any atom is -0.454 e. The summed E-state index contributed by atoms with van der Waals surface area (Å²) in [6.45, 7) is 0.871. The van der Waals surface area contributed by atoms with E-state index >= 15 is 0 Å². The molecular weight excluding hydrogens is 400 g/mol. The van der Waals surface area contributed by atoms with Crippen LogP contribution in [0.4, 0.5) is 0 Å². The molecular formula is C27H22N2O3. The lowest BCUT2D eigenvalue weighted by Gasteiger charge is -2.35. The molecule has 0 fully saturated rings. The summed E-state index contributed by atoms with van der Waals surface area (Å²) in [7, 11) is 0. The molecule has 0 spiro atoms. The molecule has 0 bridgehead atoms. The number of amides is 1. The maximum Gasteiger partial charge on any atom is 0.247 e. The number of hydrogen-bond donors (Lipinski definition) is 1. The smallest absolute Gasteiger partial charge is 0.247 e. The first-order chi connectivity index (χ1) is 15.8. The third kappa shape index (κ3) is 3.14. The average Bonchev–Trinajstić information content (AvgIpc) is 3.46. The van der Waals surface area contributed by atoms with Crippen LogP contribution in [-0.2, 0) is 11.2 Å². The summed E-state index contributed by atoms with van der Waals surface area (Å²) >= 11 is 0. The Hall–Kier alpha value is -3.99. The zero-order valence-electron chi connectivity index (χ0n) is 17.5. The van der Waals surface area contributed by atoms with Gasteiger partial charge in [-0.15, -0.1) is 0 Å². The summed E-state index contributed by atoms with van der Waals surface area (Å²) < 4.78 is 11.1. The Kier molecular flexibility index (Phi) is 4.46. The van der Waals surface area contributed by atoms with Crippen molar-refractivity contribution in [1.29, 1.82) is 0 Å². The number of ether oxygens (including phenoxy) is 2. The third-order valence-electron chi connectivity index (χ3n) is 6.25. The predicted molar refractivity (Wildman–Crippen MR) is 124 cm³/mol. The number of aromatic nitrogens is 1. The van der Waals surface area contributed by atoms with E-state index < -0.39 is 0 Å². The molecule has 3 aromatic carbocycles. The van der Waals surface area contributed by atoms with Crippen molar-refractivity contribution in [2.45, 2.75) is 12.5 Å². The van der Waals surface area contributed by atoms with E-state index in [1.165, 1.54) is 10.9 Å². The highest BCUT2D eigenvalue weighted by atomic mass is 16.7. The fourth-order valence-electron chi connectivity index (χ4n) is 4.74. The highest BCUT2D eigenvalue weighted by Crippen LogP contribution is 2.42. The van der Waals surface area contributed by atoms with E-state index in [1.54, 1.807) is 6.08 Å². The normalized spacial score (nSPS) is 17.1. The van der Waals surface area contributed by atoms with Crippen molar-refractivity contribution in [3.05, 3.63) is 101 Å². The number of nitrogens with one attached hydrogen (secondary N) is 1. The van der Waals surface area contributed by atoms with Crippen LogP contribution in [0.5, 0.6) is 11.5 Å². The van der Waals surface area contributed by atoms with Crippen LogP contribution in [0.2, 0.25) is 0 Å². The molecule has 0 aliphatic carbocycles. The van der Waals surface area contributed by atoms with Crippen LogP contribution in [0.15, 0.2) is 78.9 Å². The fraction of sp³-hybridized carbons (Fsp3) is 0.148. The lowest BCUT2D eigenvalue weighted by atomic mass is 9.92. The molecule has 1 atom stereocenters. The minimum absolute atomic E-state index is 0.0131. The van der Waals surface area contributed by atoms with Gasteiger partial charge in [-0.1, -0.05) is 54.6 Å². The number of benzene rings is 3. The van der Waals surface area contributed by atoms with E-state index in [0.29, 0.717) is 6.54 Å². The van der Waals surface area contributed by atoms with Crippen LogP contribution in [0, 0.1) is 0 Å². The van der Waals surface area contributed by atoms with Gasteiger partial charge in [-0.2, -0.15) is 0 Å². The molecule has 1 N–H and O–H groups in total. The van der Waals surface area contributed by atoms with E-state index in [0.717, 1.165) is 40.3 Å². The van der Waals surface area contributed by atoms with E-state index in [4.69, 9.17) is 9.47 Å². The largest absolute Gasteiger partial charge is 0.454 e. The van der Waals surface area contributed by atoms with Gasteiger partial charge in [-0.25, -0.2) is 0 Å². The summed E-state index contributed by atoms with van der Waals surface area (Å²) in [5.74, 6) is 1.45. The lowest BCUT2D eigenvalue weighted by molar-refractivity contribution is -0.128. The van der Waals surface area contributed by atoms with Crippen molar-refractivity contribution in [1.82, 2.24) is 9.88 Å². The average molecular weight is 422 g/mol. The molecule has 32 heavy (non-hydrogen) atoms. The van der Waals surface area contributed by atoms with Crippen LogP contribution < -0.4 is 9.47 Å². The molecule has 1 aromatic heterocycles. The number of nitrogens with zero attached hydrogens (tertiary/aromatic N) is 1. The van der Waals surface area contributed by atoms with Gasteiger partial charge < -0.3 is 19.4 Å². The molecule has 1 unspecified atom stereocenters. The van der Waals surface area contributed by atoms with Crippen LogP contribution in [0.1, 0.15) is 28.4 Å². The van der Waals surface area contributed by atoms with E-state index in [2.05, 4.69) is 23.2 Å². The molecule has 5 heteroatoms. The quantitative estimate of drug-likeness (QED) is 0.468. The molecule has 0 radical (unpaired) electrons. The molecule has 4 aromatic rings. The van der Waals surface area contributed by atoms with Crippen molar-refractivity contribution in [2.75, 3.05) is 13.3 Å². The van der Waals surface area contributed by atoms with Crippen molar-refractivity contribution in [3.8, 4) is 11.5 Å². The van der Waals surface area contributed by atoms with Gasteiger partial charge in [-0.3, -0.25) is 4.79 Å². The van der Waals surface area contributed by atoms with Crippen LogP contribution in [-0.4, -0.2) is 29.1 Å². The first kappa shape index (κ1) is 18.8. The van der Waals surface area contributed by atoms with E-state index in [9.17, 15) is 4.79 Å². The standard InChI is InChI=1S/C27H22N2O3/c30-25(13-10-18-6-2-1-3-7-18)29-15-14-21-20-8-4-5-9-22(20)28-26(21)27(29)19-11-12-23-24(16-19)32-17-31-23/h1-13,16,27-28H,14-15,17H2. The lowest BCUT2D eigenvalue weighted by Crippen LogP contribution is -2.39. The Balaban J connectivity index is 1.44. The van der Waals surface area contributed by atoms with Crippen LogP contribution in [0.3, 0.4) is 0 Å². The van der Waals surface area contributed by atoms with Crippen LogP contribution >= 0.6 is 0 Å². The maximum absolute atomic E-state index is 13.4. The number of fused-ring (bicyclic) bond motifs is 4. The topological polar surface area (TPSA) is 54.6 Å². The number of para-hydroxylation sites is 1. The van der Waals surface area contributed by atoms with Crippen molar-refractivity contribution in [3.63, 3.8) is 0 Å². The van der Waals surface area contributed by atoms with Crippen molar-refractivity contribution < 1.29 is 14.3 Å². The van der Waals surface area contributed by atoms with Gasteiger partial charge in [-0.05, 0) is 47.4 Å². The Morgan fingerprint density at radius 3 is 2.69 bits per heavy atom. The van der Waals surface area contributed by atoms with Crippen molar-refractivity contribution >= 4 is 22.9 Å². The molecule has 1 amide bonds. The monoisotopic (exact) mass is 422 g/mol. The number of carbonyl (C=O) groups excluding carboxylic acids is 1. The number of hydrogen-bond acceptors (Lipinski definition) is 3. The van der Waals surface area contributed by atoms with E-state index in [-0.39, 0.29) is 18.7 Å². The Morgan fingerprint density at radius 1 is 0.969 bits per heavy atom. The summed E-state index contributed by atoms with van der Waals surface area (Å²) in [5.41, 5.74) is 5.45. The molecule has 0 saturated heterocycles. The van der Waals surface area contributed by atoms with Gasteiger partial charge in [0, 0.05) is 29.2 Å². The highest BCUT2D eigenvalue weighted by molar-refractivity contribution is 5.93. The number of rotatable bonds is 3. The number of H-pyrrole nitrogens is 1. The molecule has 0 saturated carbocycles. The summed E-state index contributed by atoms with van der Waals surface area (Å²) in [5, 5.41) is 1.22. The number of aromatic amines is 1.